The SMILES string of the molecule is CC(=O)O[C@H]1C=C2C(=O)OC[C@@]2(O)[C@]2(C)CCC3C(C)(C)CCC[C@]3(C)C12. The second-order valence-corrected chi connectivity index (χ2v) is 10.4. The second-order valence-electron chi connectivity index (χ2n) is 10.4. The van der Waals surface area contributed by atoms with E-state index in [0.717, 1.165) is 25.7 Å². The minimum Gasteiger partial charge on any atom is -0.459 e. The molecule has 0 bridgehead atoms. The third kappa shape index (κ3) is 2.33. The van der Waals surface area contributed by atoms with Gasteiger partial charge in [-0.05, 0) is 48.5 Å². The van der Waals surface area contributed by atoms with Crippen molar-refractivity contribution < 1.29 is 24.2 Å². The third-order valence-corrected chi connectivity index (χ3v) is 8.61. The van der Waals surface area contributed by atoms with E-state index in [1.807, 2.05) is 0 Å². The van der Waals surface area contributed by atoms with Gasteiger partial charge in [0.25, 0.3) is 0 Å². The van der Waals surface area contributed by atoms with Crippen LogP contribution in [0, 0.1) is 28.1 Å². The summed E-state index contributed by atoms with van der Waals surface area (Å²) >= 11 is 0. The van der Waals surface area contributed by atoms with E-state index < -0.39 is 23.1 Å². The molecule has 1 aliphatic heterocycles. The van der Waals surface area contributed by atoms with Crippen molar-refractivity contribution in [2.24, 2.45) is 28.1 Å². The molecule has 1 N–H and O–H groups in total. The number of carbonyl (C=O) groups excluding carboxylic acids is 2. The molecule has 0 aromatic heterocycles. The van der Waals surface area contributed by atoms with Crippen molar-refractivity contribution in [3.05, 3.63) is 11.6 Å². The first-order chi connectivity index (χ1) is 12.5. The predicted molar refractivity (Wildman–Crippen MR) is 99.6 cm³/mol. The molecule has 4 rings (SSSR count). The lowest BCUT2D eigenvalue weighted by molar-refractivity contribution is -0.224. The van der Waals surface area contributed by atoms with Crippen LogP contribution in [0.4, 0.5) is 0 Å². The van der Waals surface area contributed by atoms with E-state index in [1.165, 1.54) is 13.3 Å². The summed E-state index contributed by atoms with van der Waals surface area (Å²) in [5.74, 6) is -0.385. The first-order valence-corrected chi connectivity index (χ1v) is 10.2. The van der Waals surface area contributed by atoms with E-state index in [1.54, 1.807) is 6.08 Å². The maximum atomic E-state index is 12.3. The van der Waals surface area contributed by atoms with Gasteiger partial charge in [0, 0.05) is 18.3 Å². The van der Waals surface area contributed by atoms with Crippen LogP contribution in [0.2, 0.25) is 0 Å². The Bertz CT molecular complexity index is 724. The molecule has 0 radical (unpaired) electrons. The molecule has 0 aromatic rings. The zero-order chi connectivity index (χ0) is 19.8. The van der Waals surface area contributed by atoms with Gasteiger partial charge in [-0.25, -0.2) is 4.79 Å². The predicted octanol–water partition coefficient (Wildman–Crippen LogP) is 3.39. The van der Waals surface area contributed by atoms with Crippen LogP contribution in [0.25, 0.3) is 0 Å². The molecule has 27 heavy (non-hydrogen) atoms. The molecule has 0 aromatic carbocycles. The third-order valence-electron chi connectivity index (χ3n) is 8.61. The number of carbonyl (C=O) groups is 2. The van der Waals surface area contributed by atoms with Crippen molar-refractivity contribution in [2.75, 3.05) is 6.61 Å². The first-order valence-electron chi connectivity index (χ1n) is 10.2. The molecule has 0 spiro atoms. The van der Waals surface area contributed by atoms with Crippen molar-refractivity contribution in [3.8, 4) is 0 Å². The number of hydrogen-bond donors (Lipinski definition) is 1. The highest BCUT2D eigenvalue weighted by atomic mass is 16.6. The molecular formula is C22H32O5. The summed E-state index contributed by atoms with van der Waals surface area (Å²) in [6, 6.07) is 0. The largest absolute Gasteiger partial charge is 0.459 e. The van der Waals surface area contributed by atoms with Gasteiger partial charge in [-0.3, -0.25) is 4.79 Å². The molecule has 150 valence electrons. The van der Waals surface area contributed by atoms with Crippen LogP contribution in [0.5, 0.6) is 0 Å². The number of fused-ring (bicyclic) bond motifs is 5. The summed E-state index contributed by atoms with van der Waals surface area (Å²) in [5, 5.41) is 11.7. The molecule has 5 nitrogen and oxygen atoms in total. The van der Waals surface area contributed by atoms with Gasteiger partial charge in [-0.2, -0.15) is 0 Å². The smallest absolute Gasteiger partial charge is 0.337 e. The standard InChI is InChI=1S/C22H32O5/c1-13(23)27-15-11-14-18(24)26-12-22(14,25)21(5)10-7-16-19(2,3)8-6-9-20(16,4)17(15)21/h11,15-17,25H,6-10,12H2,1-5H3/t15-,16?,17?,20-,21+,22-/m0/s1. The topological polar surface area (TPSA) is 72.8 Å². The minimum atomic E-state index is -1.30. The average Bonchev–Trinajstić information content (AvgIpc) is 2.83. The average molecular weight is 376 g/mol. The van der Waals surface area contributed by atoms with Crippen LogP contribution in [0.15, 0.2) is 11.6 Å². The van der Waals surface area contributed by atoms with Gasteiger partial charge in [0.1, 0.15) is 18.3 Å². The van der Waals surface area contributed by atoms with Gasteiger partial charge in [-0.1, -0.05) is 34.1 Å². The number of cyclic esters (lactones) is 1. The van der Waals surface area contributed by atoms with Gasteiger partial charge < -0.3 is 14.6 Å². The molecule has 2 unspecified atom stereocenters. The lowest BCUT2D eigenvalue weighted by atomic mass is 9.38. The maximum Gasteiger partial charge on any atom is 0.337 e. The second kappa shape index (κ2) is 5.59. The fourth-order valence-electron chi connectivity index (χ4n) is 7.51. The van der Waals surface area contributed by atoms with Crippen molar-refractivity contribution in [3.63, 3.8) is 0 Å². The summed E-state index contributed by atoms with van der Waals surface area (Å²) in [7, 11) is 0. The minimum absolute atomic E-state index is 0.00158. The Morgan fingerprint density at radius 2 is 1.93 bits per heavy atom. The monoisotopic (exact) mass is 376 g/mol. The number of esters is 2. The van der Waals surface area contributed by atoms with Gasteiger partial charge in [-0.15, -0.1) is 0 Å². The van der Waals surface area contributed by atoms with Gasteiger partial charge in [0.2, 0.25) is 0 Å². The molecule has 5 heteroatoms. The van der Waals surface area contributed by atoms with E-state index in [0.29, 0.717) is 5.92 Å². The highest BCUT2D eigenvalue weighted by Crippen LogP contribution is 2.70. The molecule has 4 aliphatic rings. The summed E-state index contributed by atoms with van der Waals surface area (Å²) in [6.07, 6.45) is 6.36. The van der Waals surface area contributed by atoms with E-state index in [9.17, 15) is 14.7 Å². The van der Waals surface area contributed by atoms with Crippen molar-refractivity contribution >= 4 is 11.9 Å². The van der Waals surface area contributed by atoms with Crippen LogP contribution in [-0.4, -0.2) is 35.4 Å². The van der Waals surface area contributed by atoms with Gasteiger partial charge in [0.15, 0.2) is 0 Å². The molecule has 3 fully saturated rings. The number of aliphatic hydroxyl groups is 1. The fraction of sp³-hybridized carbons (Fsp3) is 0.818. The lowest BCUT2D eigenvalue weighted by Gasteiger charge is -2.66. The first kappa shape index (κ1) is 19.0. The Morgan fingerprint density at radius 3 is 2.59 bits per heavy atom. The molecule has 0 amide bonds. The zero-order valence-corrected chi connectivity index (χ0v) is 17.1. The number of rotatable bonds is 1. The van der Waals surface area contributed by atoms with Crippen LogP contribution in [-0.2, 0) is 19.1 Å². The summed E-state index contributed by atoms with van der Waals surface area (Å²) in [5.41, 5.74) is -1.45. The van der Waals surface area contributed by atoms with E-state index >= 15 is 0 Å². The highest BCUT2D eigenvalue weighted by Gasteiger charge is 2.71. The normalized spacial score (nSPS) is 47.9. The summed E-state index contributed by atoms with van der Waals surface area (Å²) < 4.78 is 11.1. The Balaban J connectivity index is 1.89. The zero-order valence-electron chi connectivity index (χ0n) is 17.1. The van der Waals surface area contributed by atoms with Crippen LogP contribution in [0.1, 0.15) is 66.7 Å². The van der Waals surface area contributed by atoms with Crippen LogP contribution >= 0.6 is 0 Å². The van der Waals surface area contributed by atoms with Crippen molar-refractivity contribution in [1.29, 1.82) is 0 Å². The maximum absolute atomic E-state index is 12.3. The summed E-state index contributed by atoms with van der Waals surface area (Å²) in [6.45, 7) is 10.5. The Kier molecular flexibility index (Phi) is 3.93. The Labute approximate surface area is 161 Å². The van der Waals surface area contributed by atoms with Crippen molar-refractivity contribution in [2.45, 2.75) is 78.4 Å². The molecule has 6 atom stereocenters. The molecule has 3 aliphatic carbocycles. The van der Waals surface area contributed by atoms with E-state index in [-0.39, 0.29) is 34.9 Å². The Morgan fingerprint density at radius 1 is 1.22 bits per heavy atom. The number of hydrogen-bond acceptors (Lipinski definition) is 5. The summed E-state index contributed by atoms with van der Waals surface area (Å²) in [4.78, 5) is 24.2. The van der Waals surface area contributed by atoms with Crippen LogP contribution in [0.3, 0.4) is 0 Å². The molecular weight excluding hydrogens is 344 g/mol. The molecule has 1 heterocycles. The van der Waals surface area contributed by atoms with Crippen molar-refractivity contribution in [1.82, 2.24) is 0 Å². The van der Waals surface area contributed by atoms with E-state index in [2.05, 4.69) is 27.7 Å². The van der Waals surface area contributed by atoms with E-state index in [4.69, 9.17) is 9.47 Å². The fourth-order valence-corrected chi connectivity index (χ4v) is 7.51. The Hall–Kier alpha value is -1.36. The lowest BCUT2D eigenvalue weighted by Crippen LogP contribution is -2.67. The van der Waals surface area contributed by atoms with Crippen LogP contribution < -0.4 is 0 Å². The molecule has 2 saturated carbocycles. The number of ether oxygens (including phenoxy) is 2. The quantitative estimate of drug-likeness (QED) is 0.710. The van der Waals surface area contributed by atoms with Gasteiger partial charge >= 0.3 is 11.9 Å². The molecule has 1 saturated heterocycles. The van der Waals surface area contributed by atoms with Gasteiger partial charge in [0.05, 0.1) is 5.57 Å². The highest BCUT2D eigenvalue weighted by molar-refractivity contribution is 5.94.